The van der Waals surface area contributed by atoms with Gasteiger partial charge in [0.25, 0.3) is 5.91 Å². The molecule has 0 spiro atoms. The first-order valence-corrected chi connectivity index (χ1v) is 10.2. The van der Waals surface area contributed by atoms with Gasteiger partial charge in [-0.3, -0.25) is 10.1 Å². The lowest BCUT2D eigenvalue weighted by Gasteiger charge is -2.13. The SMILES string of the molecule is CCCCOc1ccccc1C(=O)NC(=S)Nc1ccc(Oc2ccccc2)cc1. The second kappa shape index (κ2) is 11.0. The van der Waals surface area contributed by atoms with Gasteiger partial charge in [0.2, 0.25) is 0 Å². The number of unbranched alkanes of at least 4 members (excludes halogenated alkanes) is 1. The summed E-state index contributed by atoms with van der Waals surface area (Å²) >= 11 is 5.28. The van der Waals surface area contributed by atoms with Crippen LogP contribution in [0.5, 0.6) is 17.2 Å². The zero-order valence-electron chi connectivity index (χ0n) is 16.8. The fourth-order valence-electron chi connectivity index (χ4n) is 2.67. The molecule has 0 saturated heterocycles. The Kier molecular flexibility index (Phi) is 7.80. The number of rotatable bonds is 8. The van der Waals surface area contributed by atoms with Crippen LogP contribution in [0.3, 0.4) is 0 Å². The quantitative estimate of drug-likeness (QED) is 0.357. The van der Waals surface area contributed by atoms with Crippen molar-refractivity contribution in [2.45, 2.75) is 19.8 Å². The molecule has 0 aliphatic heterocycles. The van der Waals surface area contributed by atoms with E-state index in [1.54, 1.807) is 18.2 Å². The fraction of sp³-hybridized carbons (Fsp3) is 0.167. The van der Waals surface area contributed by atoms with Crippen molar-refractivity contribution < 1.29 is 14.3 Å². The zero-order chi connectivity index (χ0) is 21.2. The molecule has 0 aromatic heterocycles. The topological polar surface area (TPSA) is 59.6 Å². The first-order valence-electron chi connectivity index (χ1n) is 9.83. The zero-order valence-corrected chi connectivity index (χ0v) is 17.6. The number of para-hydroxylation sites is 2. The van der Waals surface area contributed by atoms with Gasteiger partial charge < -0.3 is 14.8 Å². The fourth-order valence-corrected chi connectivity index (χ4v) is 2.88. The number of hydrogen-bond donors (Lipinski definition) is 2. The van der Waals surface area contributed by atoms with Crippen molar-refractivity contribution in [3.8, 4) is 17.2 Å². The number of carbonyl (C=O) groups is 1. The number of benzene rings is 3. The van der Waals surface area contributed by atoms with Crippen LogP contribution >= 0.6 is 12.2 Å². The van der Waals surface area contributed by atoms with Crippen molar-refractivity contribution >= 4 is 28.9 Å². The molecule has 1 amide bonds. The van der Waals surface area contributed by atoms with Crippen LogP contribution in [0, 0.1) is 0 Å². The van der Waals surface area contributed by atoms with Crippen LogP contribution in [0.1, 0.15) is 30.1 Å². The predicted molar refractivity (Wildman–Crippen MR) is 123 cm³/mol. The highest BCUT2D eigenvalue weighted by atomic mass is 32.1. The molecule has 0 bridgehead atoms. The van der Waals surface area contributed by atoms with E-state index >= 15 is 0 Å². The van der Waals surface area contributed by atoms with Crippen LogP contribution in [0.2, 0.25) is 0 Å². The highest BCUT2D eigenvalue weighted by Gasteiger charge is 2.13. The number of thiocarbonyl (C=S) groups is 1. The molecule has 5 nitrogen and oxygen atoms in total. The molecule has 30 heavy (non-hydrogen) atoms. The second-order valence-electron chi connectivity index (χ2n) is 6.55. The van der Waals surface area contributed by atoms with Crippen LogP contribution in [-0.2, 0) is 0 Å². The Morgan fingerprint density at radius 2 is 1.57 bits per heavy atom. The molecular weight excluding hydrogens is 396 g/mol. The molecule has 3 rings (SSSR count). The van der Waals surface area contributed by atoms with Gasteiger partial charge in [-0.1, -0.05) is 43.7 Å². The van der Waals surface area contributed by atoms with Gasteiger partial charge in [0.05, 0.1) is 12.2 Å². The first kappa shape index (κ1) is 21.3. The molecule has 6 heteroatoms. The third-order valence-corrected chi connectivity index (χ3v) is 4.41. The monoisotopic (exact) mass is 420 g/mol. The number of anilines is 1. The number of ether oxygens (including phenoxy) is 2. The lowest BCUT2D eigenvalue weighted by Crippen LogP contribution is -2.34. The molecular formula is C24H24N2O3S. The lowest BCUT2D eigenvalue weighted by atomic mass is 10.2. The Morgan fingerprint density at radius 3 is 2.30 bits per heavy atom. The van der Waals surface area contributed by atoms with Gasteiger partial charge in [0.15, 0.2) is 5.11 Å². The summed E-state index contributed by atoms with van der Waals surface area (Å²) in [5, 5.41) is 5.92. The molecule has 2 N–H and O–H groups in total. The van der Waals surface area contributed by atoms with Gasteiger partial charge in [-0.05, 0) is 67.2 Å². The molecule has 0 unspecified atom stereocenters. The van der Waals surface area contributed by atoms with Crippen LogP contribution in [0.4, 0.5) is 5.69 Å². The third-order valence-electron chi connectivity index (χ3n) is 4.21. The predicted octanol–water partition coefficient (Wildman–Crippen LogP) is 5.78. The molecule has 0 aliphatic carbocycles. The standard InChI is InChI=1S/C24H24N2O3S/c1-2-3-17-28-22-12-8-7-11-21(22)23(27)26-24(30)25-18-13-15-20(16-14-18)29-19-9-5-4-6-10-19/h4-16H,2-3,17H2,1H3,(H2,25,26,27,30). The van der Waals surface area contributed by atoms with Crippen molar-refractivity contribution in [3.05, 3.63) is 84.4 Å². The molecule has 0 fully saturated rings. The van der Waals surface area contributed by atoms with E-state index in [0.717, 1.165) is 24.3 Å². The molecule has 3 aromatic carbocycles. The van der Waals surface area contributed by atoms with Crippen molar-refractivity contribution in [3.63, 3.8) is 0 Å². The van der Waals surface area contributed by atoms with Crippen molar-refractivity contribution in [2.24, 2.45) is 0 Å². The van der Waals surface area contributed by atoms with E-state index in [-0.39, 0.29) is 11.0 Å². The van der Waals surface area contributed by atoms with Gasteiger partial charge in [-0.25, -0.2) is 0 Å². The van der Waals surface area contributed by atoms with Crippen molar-refractivity contribution in [2.75, 3.05) is 11.9 Å². The number of amides is 1. The Bertz CT molecular complexity index is 975. The van der Waals surface area contributed by atoms with E-state index in [0.29, 0.717) is 23.7 Å². The van der Waals surface area contributed by atoms with Gasteiger partial charge in [-0.2, -0.15) is 0 Å². The minimum absolute atomic E-state index is 0.208. The van der Waals surface area contributed by atoms with E-state index in [1.807, 2.05) is 60.7 Å². The van der Waals surface area contributed by atoms with Crippen LogP contribution in [-0.4, -0.2) is 17.6 Å². The third kappa shape index (κ3) is 6.32. The minimum atomic E-state index is -0.316. The molecule has 0 radical (unpaired) electrons. The Balaban J connectivity index is 1.56. The molecule has 0 aliphatic rings. The van der Waals surface area contributed by atoms with Gasteiger partial charge in [-0.15, -0.1) is 0 Å². The van der Waals surface area contributed by atoms with Gasteiger partial charge >= 0.3 is 0 Å². The van der Waals surface area contributed by atoms with Crippen LogP contribution in [0.25, 0.3) is 0 Å². The second-order valence-corrected chi connectivity index (χ2v) is 6.95. The smallest absolute Gasteiger partial charge is 0.261 e. The highest BCUT2D eigenvalue weighted by Crippen LogP contribution is 2.23. The summed E-state index contributed by atoms with van der Waals surface area (Å²) in [5.74, 6) is 1.71. The van der Waals surface area contributed by atoms with Gasteiger partial charge in [0, 0.05) is 5.69 Å². The number of hydrogen-bond acceptors (Lipinski definition) is 4. The number of nitrogens with one attached hydrogen (secondary N) is 2. The van der Waals surface area contributed by atoms with E-state index in [2.05, 4.69) is 17.6 Å². The number of carbonyl (C=O) groups excluding carboxylic acids is 1. The normalized spacial score (nSPS) is 10.2. The summed E-state index contributed by atoms with van der Waals surface area (Å²) < 4.78 is 11.5. The Hall–Kier alpha value is -3.38. The summed E-state index contributed by atoms with van der Waals surface area (Å²) in [6.45, 7) is 2.66. The first-order chi connectivity index (χ1) is 14.7. The molecule has 0 heterocycles. The van der Waals surface area contributed by atoms with E-state index in [1.165, 1.54) is 0 Å². The molecule has 0 atom stereocenters. The Morgan fingerprint density at radius 1 is 0.900 bits per heavy atom. The lowest BCUT2D eigenvalue weighted by molar-refractivity contribution is 0.0973. The van der Waals surface area contributed by atoms with Crippen LogP contribution in [0.15, 0.2) is 78.9 Å². The van der Waals surface area contributed by atoms with Crippen LogP contribution < -0.4 is 20.1 Å². The summed E-state index contributed by atoms with van der Waals surface area (Å²) in [6.07, 6.45) is 1.96. The molecule has 0 saturated carbocycles. The maximum Gasteiger partial charge on any atom is 0.261 e. The van der Waals surface area contributed by atoms with E-state index < -0.39 is 0 Å². The molecule has 3 aromatic rings. The van der Waals surface area contributed by atoms with Crippen molar-refractivity contribution in [1.29, 1.82) is 0 Å². The van der Waals surface area contributed by atoms with Crippen molar-refractivity contribution in [1.82, 2.24) is 5.32 Å². The summed E-state index contributed by atoms with van der Waals surface area (Å²) in [7, 11) is 0. The largest absolute Gasteiger partial charge is 0.493 e. The maximum atomic E-state index is 12.6. The Labute approximate surface area is 182 Å². The molecule has 154 valence electrons. The summed E-state index contributed by atoms with van der Waals surface area (Å²) in [6, 6.07) is 24.0. The summed E-state index contributed by atoms with van der Waals surface area (Å²) in [4.78, 5) is 12.6. The highest BCUT2D eigenvalue weighted by molar-refractivity contribution is 7.80. The van der Waals surface area contributed by atoms with E-state index in [9.17, 15) is 4.79 Å². The maximum absolute atomic E-state index is 12.6. The average Bonchev–Trinajstić information content (AvgIpc) is 2.76. The average molecular weight is 421 g/mol. The summed E-state index contributed by atoms with van der Waals surface area (Å²) in [5.41, 5.74) is 1.19. The van der Waals surface area contributed by atoms with Gasteiger partial charge in [0.1, 0.15) is 17.2 Å². The minimum Gasteiger partial charge on any atom is -0.493 e. The van der Waals surface area contributed by atoms with E-state index in [4.69, 9.17) is 21.7 Å².